The fourth-order valence-electron chi connectivity index (χ4n) is 2.22. The van der Waals surface area contributed by atoms with E-state index in [1.54, 1.807) is 18.2 Å². The van der Waals surface area contributed by atoms with Crippen molar-refractivity contribution >= 4 is 11.9 Å². The highest BCUT2D eigenvalue weighted by Crippen LogP contribution is 2.26. The van der Waals surface area contributed by atoms with Crippen molar-refractivity contribution in [3.63, 3.8) is 0 Å². The van der Waals surface area contributed by atoms with Crippen molar-refractivity contribution in [1.29, 1.82) is 0 Å². The first-order chi connectivity index (χ1) is 11.7. The van der Waals surface area contributed by atoms with E-state index in [1.165, 1.54) is 20.3 Å². The summed E-state index contributed by atoms with van der Waals surface area (Å²) < 4.78 is 15.3. The molecule has 0 unspecified atom stereocenters. The Morgan fingerprint density at radius 2 is 1.56 bits per heavy atom. The van der Waals surface area contributed by atoms with Gasteiger partial charge in [-0.15, -0.1) is 0 Å². The molecule has 0 aliphatic rings. The van der Waals surface area contributed by atoms with E-state index in [0.717, 1.165) is 5.76 Å². The molecule has 0 aliphatic heterocycles. The van der Waals surface area contributed by atoms with Gasteiger partial charge in [-0.1, -0.05) is 0 Å². The van der Waals surface area contributed by atoms with Crippen molar-refractivity contribution in [2.24, 2.45) is 0 Å². The summed E-state index contributed by atoms with van der Waals surface area (Å²) in [5, 5.41) is 3.34. The highest BCUT2D eigenvalue weighted by molar-refractivity contribution is 5.97. The Morgan fingerprint density at radius 3 is 2.04 bits per heavy atom. The minimum absolute atomic E-state index is 0.0319. The normalized spacial score (nSPS) is 11.2. The Morgan fingerprint density at radius 1 is 1.00 bits per heavy atom. The van der Waals surface area contributed by atoms with Crippen LogP contribution in [0.2, 0.25) is 0 Å². The largest absolute Gasteiger partial charge is 0.465 e. The molecule has 25 heavy (non-hydrogen) atoms. The lowest BCUT2D eigenvalue weighted by atomic mass is 10.0. The molecule has 0 aliphatic carbocycles. The smallest absolute Gasteiger partial charge is 0.337 e. The molecule has 0 saturated carbocycles. The summed E-state index contributed by atoms with van der Waals surface area (Å²) in [5.74, 6) is 0.246. The Hall–Kier alpha value is -2.60. The fraction of sp³-hybridized carbons (Fsp3) is 0.368. The minimum atomic E-state index is -0.534. The number of furan rings is 1. The predicted octanol–water partition coefficient (Wildman–Crippen LogP) is 3.41. The van der Waals surface area contributed by atoms with Crippen molar-refractivity contribution < 1.29 is 23.5 Å². The topological polar surface area (TPSA) is 77.8 Å². The molecule has 0 radical (unpaired) electrons. The SMILES string of the molecule is COC(=O)c1cc(C(=O)OC)cc(-c2ccc(CNC(C)(C)C)o2)c1. The lowest BCUT2D eigenvalue weighted by Gasteiger charge is -2.19. The Bertz CT molecular complexity index is 736. The first-order valence-electron chi connectivity index (χ1n) is 7.89. The molecule has 1 aromatic heterocycles. The number of benzene rings is 1. The van der Waals surface area contributed by atoms with Crippen LogP contribution in [0.25, 0.3) is 11.3 Å². The summed E-state index contributed by atoms with van der Waals surface area (Å²) in [4.78, 5) is 23.7. The predicted molar refractivity (Wildman–Crippen MR) is 93.4 cm³/mol. The average molecular weight is 345 g/mol. The van der Waals surface area contributed by atoms with Gasteiger partial charge in [-0.05, 0) is 51.1 Å². The second-order valence-corrected chi connectivity index (χ2v) is 6.65. The Kier molecular flexibility index (Phi) is 5.64. The Balaban J connectivity index is 2.36. The lowest BCUT2D eigenvalue weighted by Crippen LogP contribution is -2.34. The summed E-state index contributed by atoms with van der Waals surface area (Å²) >= 11 is 0. The van der Waals surface area contributed by atoms with E-state index in [9.17, 15) is 9.59 Å². The molecule has 0 fully saturated rings. The number of methoxy groups -OCH3 is 2. The standard InChI is InChI=1S/C19H23NO5/c1-19(2,3)20-11-15-6-7-16(25-15)12-8-13(17(21)23-4)10-14(9-12)18(22)24-5/h6-10,20H,11H2,1-5H3. The van der Waals surface area contributed by atoms with Gasteiger partial charge in [0.05, 0.1) is 31.9 Å². The molecule has 0 atom stereocenters. The van der Waals surface area contributed by atoms with Crippen LogP contribution in [-0.4, -0.2) is 31.7 Å². The van der Waals surface area contributed by atoms with E-state index < -0.39 is 11.9 Å². The van der Waals surface area contributed by atoms with Crippen LogP contribution in [0.3, 0.4) is 0 Å². The van der Waals surface area contributed by atoms with Crippen LogP contribution in [0.15, 0.2) is 34.7 Å². The van der Waals surface area contributed by atoms with Gasteiger partial charge in [-0.3, -0.25) is 0 Å². The molecular weight excluding hydrogens is 322 g/mol. The molecule has 2 rings (SSSR count). The zero-order valence-corrected chi connectivity index (χ0v) is 15.1. The zero-order valence-electron chi connectivity index (χ0n) is 15.1. The van der Waals surface area contributed by atoms with Crippen LogP contribution in [0.1, 0.15) is 47.2 Å². The highest BCUT2D eigenvalue weighted by Gasteiger charge is 2.17. The molecule has 2 aromatic rings. The van der Waals surface area contributed by atoms with Crippen molar-refractivity contribution in [3.8, 4) is 11.3 Å². The first kappa shape index (κ1) is 18.7. The van der Waals surface area contributed by atoms with Crippen molar-refractivity contribution in [3.05, 3.63) is 47.2 Å². The number of hydrogen-bond acceptors (Lipinski definition) is 6. The summed E-state index contributed by atoms with van der Waals surface area (Å²) in [6.45, 7) is 6.78. The van der Waals surface area contributed by atoms with Crippen molar-refractivity contribution in [1.82, 2.24) is 5.32 Å². The third-order valence-electron chi connectivity index (χ3n) is 3.51. The summed E-state index contributed by atoms with van der Waals surface area (Å²) in [6, 6.07) is 8.34. The molecule has 0 saturated heterocycles. The number of carbonyl (C=O) groups is 2. The molecule has 6 nitrogen and oxygen atoms in total. The highest BCUT2D eigenvalue weighted by atomic mass is 16.5. The number of hydrogen-bond donors (Lipinski definition) is 1. The van der Waals surface area contributed by atoms with E-state index in [0.29, 0.717) is 17.9 Å². The Labute approximate surface area is 147 Å². The number of carbonyl (C=O) groups excluding carboxylic acids is 2. The third kappa shape index (κ3) is 4.93. The van der Waals surface area contributed by atoms with Crippen LogP contribution in [0, 0.1) is 0 Å². The molecule has 1 aromatic carbocycles. The van der Waals surface area contributed by atoms with Gasteiger partial charge >= 0.3 is 11.9 Å². The summed E-state index contributed by atoms with van der Waals surface area (Å²) in [6.07, 6.45) is 0. The fourth-order valence-corrected chi connectivity index (χ4v) is 2.22. The van der Waals surface area contributed by atoms with Gasteiger partial charge in [0.1, 0.15) is 11.5 Å². The van der Waals surface area contributed by atoms with Crippen molar-refractivity contribution in [2.45, 2.75) is 32.9 Å². The summed E-state index contributed by atoms with van der Waals surface area (Å²) in [7, 11) is 2.58. The maximum Gasteiger partial charge on any atom is 0.337 e. The molecule has 1 heterocycles. The van der Waals surface area contributed by atoms with Gasteiger partial charge in [0.15, 0.2) is 0 Å². The van der Waals surface area contributed by atoms with Crippen LogP contribution in [-0.2, 0) is 16.0 Å². The van der Waals surface area contributed by atoms with Crippen LogP contribution in [0.5, 0.6) is 0 Å². The van der Waals surface area contributed by atoms with Gasteiger partial charge in [-0.2, -0.15) is 0 Å². The van der Waals surface area contributed by atoms with Gasteiger partial charge in [0, 0.05) is 11.1 Å². The molecule has 6 heteroatoms. The van der Waals surface area contributed by atoms with E-state index in [-0.39, 0.29) is 16.7 Å². The van der Waals surface area contributed by atoms with Crippen LogP contribution in [0.4, 0.5) is 0 Å². The van der Waals surface area contributed by atoms with Gasteiger partial charge in [-0.25, -0.2) is 9.59 Å². The lowest BCUT2D eigenvalue weighted by molar-refractivity contribution is 0.0599. The molecule has 1 N–H and O–H groups in total. The molecule has 0 spiro atoms. The first-order valence-corrected chi connectivity index (χ1v) is 7.89. The molecule has 134 valence electrons. The average Bonchev–Trinajstić information content (AvgIpc) is 3.06. The maximum absolute atomic E-state index is 11.9. The van der Waals surface area contributed by atoms with E-state index in [4.69, 9.17) is 13.9 Å². The number of ether oxygens (including phenoxy) is 2. The van der Waals surface area contributed by atoms with Crippen LogP contribution < -0.4 is 5.32 Å². The van der Waals surface area contributed by atoms with E-state index in [2.05, 4.69) is 26.1 Å². The second kappa shape index (κ2) is 7.53. The van der Waals surface area contributed by atoms with Gasteiger partial charge in [0.2, 0.25) is 0 Å². The van der Waals surface area contributed by atoms with E-state index >= 15 is 0 Å². The third-order valence-corrected chi connectivity index (χ3v) is 3.51. The van der Waals surface area contributed by atoms with Gasteiger partial charge in [0.25, 0.3) is 0 Å². The maximum atomic E-state index is 11.9. The molecule has 0 bridgehead atoms. The quantitative estimate of drug-likeness (QED) is 0.837. The molecule has 0 amide bonds. The monoisotopic (exact) mass is 345 g/mol. The second-order valence-electron chi connectivity index (χ2n) is 6.65. The zero-order chi connectivity index (χ0) is 18.6. The number of rotatable bonds is 5. The van der Waals surface area contributed by atoms with Crippen molar-refractivity contribution in [2.75, 3.05) is 14.2 Å². The van der Waals surface area contributed by atoms with Crippen LogP contribution >= 0.6 is 0 Å². The number of nitrogens with one attached hydrogen (secondary N) is 1. The minimum Gasteiger partial charge on any atom is -0.465 e. The van der Waals surface area contributed by atoms with Gasteiger partial charge < -0.3 is 19.2 Å². The number of esters is 2. The summed E-state index contributed by atoms with van der Waals surface area (Å²) in [5.41, 5.74) is 1.08. The van der Waals surface area contributed by atoms with E-state index in [1.807, 2.05) is 6.07 Å². The molecular formula is C19H23NO5.